The zero-order valence-electron chi connectivity index (χ0n) is 11.8. The van der Waals surface area contributed by atoms with Crippen molar-refractivity contribution in [1.82, 2.24) is 10.6 Å². The van der Waals surface area contributed by atoms with E-state index < -0.39 is 6.04 Å². The Bertz CT molecular complexity index is 258. The quantitative estimate of drug-likeness (QED) is 0.686. The summed E-state index contributed by atoms with van der Waals surface area (Å²) in [5.41, 5.74) is 0. The number of likely N-dealkylation sites (N-methyl/N-ethyl adjacent to an activating group) is 1. The predicted octanol–water partition coefficient (Wildman–Crippen LogP) is 1.11. The molecule has 1 amide bonds. The van der Waals surface area contributed by atoms with Gasteiger partial charge in [-0.05, 0) is 33.2 Å². The predicted molar refractivity (Wildman–Crippen MR) is 73.8 cm³/mol. The first-order chi connectivity index (χ1) is 7.86. The van der Waals surface area contributed by atoms with Crippen LogP contribution in [0.3, 0.4) is 0 Å². The highest BCUT2D eigenvalue weighted by Crippen LogP contribution is 2.07. The summed E-state index contributed by atoms with van der Waals surface area (Å²) >= 11 is 0. The average Bonchev–Trinajstić information content (AvgIpc) is 2.15. The Labute approximate surface area is 115 Å². The van der Waals surface area contributed by atoms with Crippen LogP contribution < -0.4 is 10.6 Å². The number of rotatable bonds is 7. The van der Waals surface area contributed by atoms with Crippen molar-refractivity contribution in [3.05, 3.63) is 0 Å². The third-order valence-corrected chi connectivity index (χ3v) is 2.02. The molecule has 0 aliphatic carbocycles. The van der Waals surface area contributed by atoms with Crippen molar-refractivity contribution in [2.24, 2.45) is 5.92 Å². The average molecular weight is 281 g/mol. The topological polar surface area (TPSA) is 67.4 Å². The van der Waals surface area contributed by atoms with Crippen LogP contribution in [0.2, 0.25) is 0 Å². The molecule has 0 aliphatic rings. The van der Waals surface area contributed by atoms with Crippen molar-refractivity contribution in [1.29, 1.82) is 0 Å². The number of hydrogen-bond donors (Lipinski definition) is 2. The molecule has 0 saturated heterocycles. The number of carbonyl (C=O) groups is 2. The van der Waals surface area contributed by atoms with Crippen LogP contribution in [0.4, 0.5) is 0 Å². The Balaban J connectivity index is 0. The maximum atomic E-state index is 11.8. The van der Waals surface area contributed by atoms with Crippen molar-refractivity contribution in [2.45, 2.75) is 46.3 Å². The molecule has 108 valence electrons. The Hall–Kier alpha value is -0.810. The smallest absolute Gasteiger partial charge is 0.328 e. The van der Waals surface area contributed by atoms with Gasteiger partial charge in [0.15, 0.2) is 0 Å². The van der Waals surface area contributed by atoms with E-state index in [0.29, 0.717) is 12.3 Å². The lowest BCUT2D eigenvalue weighted by Crippen LogP contribution is -2.46. The lowest BCUT2D eigenvalue weighted by molar-refractivity contribution is -0.151. The fourth-order valence-electron chi connectivity index (χ4n) is 1.41. The third kappa shape index (κ3) is 9.24. The van der Waals surface area contributed by atoms with E-state index in [1.807, 2.05) is 13.8 Å². The molecule has 0 fully saturated rings. The Morgan fingerprint density at radius 3 is 2.11 bits per heavy atom. The first-order valence-corrected chi connectivity index (χ1v) is 6.01. The minimum absolute atomic E-state index is 0. The molecule has 5 nitrogen and oxygen atoms in total. The van der Waals surface area contributed by atoms with E-state index in [-0.39, 0.29) is 36.9 Å². The standard InChI is InChI=1S/C12H24N2O3.ClH/c1-8(2)6-10(12(16)17-9(3)4)14-11(15)7-13-5;/h8-10,13H,6-7H2,1-5H3,(H,14,15);1H/t10-;/m0./s1. The molecule has 0 aromatic rings. The SMILES string of the molecule is CNCC(=O)N[C@@H](CC(C)C)C(=O)OC(C)C.Cl. The van der Waals surface area contributed by atoms with Crippen LogP contribution in [-0.2, 0) is 14.3 Å². The molecule has 0 bridgehead atoms. The molecule has 0 heterocycles. The van der Waals surface area contributed by atoms with Crippen molar-refractivity contribution in [3.8, 4) is 0 Å². The van der Waals surface area contributed by atoms with Gasteiger partial charge < -0.3 is 15.4 Å². The molecule has 0 saturated carbocycles. The second-order valence-electron chi connectivity index (χ2n) is 4.77. The highest BCUT2D eigenvalue weighted by molar-refractivity contribution is 5.85. The lowest BCUT2D eigenvalue weighted by Gasteiger charge is -2.20. The fourth-order valence-corrected chi connectivity index (χ4v) is 1.41. The maximum Gasteiger partial charge on any atom is 0.328 e. The summed E-state index contributed by atoms with van der Waals surface area (Å²) in [4.78, 5) is 23.2. The molecule has 0 unspecified atom stereocenters. The van der Waals surface area contributed by atoms with Gasteiger partial charge >= 0.3 is 5.97 Å². The third-order valence-electron chi connectivity index (χ3n) is 2.02. The first kappa shape index (κ1) is 19.5. The first-order valence-electron chi connectivity index (χ1n) is 6.01. The van der Waals surface area contributed by atoms with E-state index in [1.165, 1.54) is 0 Å². The Morgan fingerprint density at radius 2 is 1.72 bits per heavy atom. The van der Waals surface area contributed by atoms with Gasteiger partial charge in [0.25, 0.3) is 0 Å². The Kier molecular flexibility index (Phi) is 11.0. The van der Waals surface area contributed by atoms with Crippen LogP contribution in [0.15, 0.2) is 0 Å². The van der Waals surface area contributed by atoms with Gasteiger partial charge in [0.05, 0.1) is 12.6 Å². The zero-order chi connectivity index (χ0) is 13.4. The number of nitrogens with one attached hydrogen (secondary N) is 2. The van der Waals surface area contributed by atoms with Crippen molar-refractivity contribution < 1.29 is 14.3 Å². The molecule has 0 aromatic heterocycles. The van der Waals surface area contributed by atoms with Crippen LogP contribution in [0.5, 0.6) is 0 Å². The van der Waals surface area contributed by atoms with Crippen LogP contribution in [0.1, 0.15) is 34.1 Å². The highest BCUT2D eigenvalue weighted by Gasteiger charge is 2.23. The molecule has 0 aliphatic heterocycles. The van der Waals surface area contributed by atoms with E-state index in [9.17, 15) is 9.59 Å². The van der Waals surface area contributed by atoms with Crippen molar-refractivity contribution in [2.75, 3.05) is 13.6 Å². The summed E-state index contributed by atoms with van der Waals surface area (Å²) < 4.78 is 5.12. The summed E-state index contributed by atoms with van der Waals surface area (Å²) in [7, 11) is 1.68. The van der Waals surface area contributed by atoms with E-state index in [4.69, 9.17) is 4.74 Å². The van der Waals surface area contributed by atoms with E-state index in [0.717, 1.165) is 0 Å². The minimum atomic E-state index is -0.557. The second-order valence-corrected chi connectivity index (χ2v) is 4.77. The Morgan fingerprint density at radius 1 is 1.17 bits per heavy atom. The summed E-state index contributed by atoms with van der Waals surface area (Å²) in [6.45, 7) is 7.78. The fraction of sp³-hybridized carbons (Fsp3) is 0.833. The number of esters is 1. The van der Waals surface area contributed by atoms with Gasteiger partial charge in [-0.3, -0.25) is 4.79 Å². The van der Waals surface area contributed by atoms with E-state index in [1.54, 1.807) is 20.9 Å². The van der Waals surface area contributed by atoms with Crippen LogP contribution >= 0.6 is 12.4 Å². The molecule has 0 aromatic carbocycles. The molecular weight excluding hydrogens is 256 g/mol. The van der Waals surface area contributed by atoms with Gasteiger partial charge in [0.1, 0.15) is 6.04 Å². The molecule has 1 atom stereocenters. The largest absolute Gasteiger partial charge is 0.461 e. The number of amides is 1. The summed E-state index contributed by atoms with van der Waals surface area (Å²) in [5.74, 6) is -0.244. The maximum absolute atomic E-state index is 11.8. The lowest BCUT2D eigenvalue weighted by atomic mass is 10.0. The van der Waals surface area contributed by atoms with Crippen LogP contribution in [0, 0.1) is 5.92 Å². The van der Waals surface area contributed by atoms with Gasteiger partial charge in [0, 0.05) is 0 Å². The normalized spacial score (nSPS) is 11.9. The molecule has 0 spiro atoms. The minimum Gasteiger partial charge on any atom is -0.461 e. The van der Waals surface area contributed by atoms with Gasteiger partial charge in [-0.1, -0.05) is 13.8 Å². The van der Waals surface area contributed by atoms with Gasteiger partial charge in [-0.15, -0.1) is 12.4 Å². The summed E-state index contributed by atoms with van der Waals surface area (Å²) in [6, 6.07) is -0.557. The van der Waals surface area contributed by atoms with Crippen molar-refractivity contribution >= 4 is 24.3 Å². The number of halogens is 1. The summed E-state index contributed by atoms with van der Waals surface area (Å²) in [6.07, 6.45) is 0.416. The highest BCUT2D eigenvalue weighted by atomic mass is 35.5. The molecule has 0 rings (SSSR count). The molecular formula is C12H25ClN2O3. The molecule has 2 N–H and O–H groups in total. The summed E-state index contributed by atoms with van der Waals surface area (Å²) in [5, 5.41) is 5.42. The van der Waals surface area contributed by atoms with Gasteiger partial charge in [-0.25, -0.2) is 4.79 Å². The molecule has 18 heavy (non-hydrogen) atoms. The number of carbonyl (C=O) groups excluding carboxylic acids is 2. The zero-order valence-corrected chi connectivity index (χ0v) is 12.6. The van der Waals surface area contributed by atoms with Crippen LogP contribution in [-0.4, -0.2) is 37.6 Å². The molecule has 0 radical (unpaired) electrons. The monoisotopic (exact) mass is 280 g/mol. The van der Waals surface area contributed by atoms with Crippen LogP contribution in [0.25, 0.3) is 0 Å². The van der Waals surface area contributed by atoms with E-state index >= 15 is 0 Å². The second kappa shape index (κ2) is 10.1. The number of ether oxygens (including phenoxy) is 1. The molecule has 6 heteroatoms. The van der Waals surface area contributed by atoms with E-state index in [2.05, 4.69) is 10.6 Å². The van der Waals surface area contributed by atoms with Gasteiger partial charge in [0.2, 0.25) is 5.91 Å². The number of hydrogen-bond acceptors (Lipinski definition) is 4. The van der Waals surface area contributed by atoms with Gasteiger partial charge in [-0.2, -0.15) is 0 Å². The van der Waals surface area contributed by atoms with Crippen molar-refractivity contribution in [3.63, 3.8) is 0 Å².